The van der Waals surface area contributed by atoms with Crippen molar-refractivity contribution in [1.29, 1.82) is 0 Å². The zero-order chi connectivity index (χ0) is 11.5. The summed E-state index contributed by atoms with van der Waals surface area (Å²) >= 11 is 1.56. The summed E-state index contributed by atoms with van der Waals surface area (Å²) in [6, 6.07) is 5.68. The van der Waals surface area contributed by atoms with E-state index in [-0.39, 0.29) is 0 Å². The topological polar surface area (TPSA) is 51.6 Å². The van der Waals surface area contributed by atoms with Crippen LogP contribution in [0.3, 0.4) is 0 Å². The van der Waals surface area contributed by atoms with E-state index in [0.29, 0.717) is 5.82 Å². The second-order valence-corrected chi connectivity index (χ2v) is 4.37. The lowest BCUT2D eigenvalue weighted by atomic mass is 10.3. The number of hydrogen-bond acceptors (Lipinski definition) is 5. The summed E-state index contributed by atoms with van der Waals surface area (Å²) in [5.41, 5.74) is 1.01. The van der Waals surface area contributed by atoms with Crippen LogP contribution >= 0.6 is 11.3 Å². The molecule has 0 aliphatic heterocycles. The molecule has 0 aliphatic carbocycles. The zero-order valence-electron chi connectivity index (χ0n) is 8.82. The van der Waals surface area contributed by atoms with E-state index in [1.54, 1.807) is 48.4 Å². The zero-order valence-corrected chi connectivity index (χ0v) is 9.63. The second-order valence-electron chi connectivity index (χ2n) is 3.34. The number of rotatable bonds is 2. The fourth-order valence-electron chi connectivity index (χ4n) is 1.43. The van der Waals surface area contributed by atoms with Gasteiger partial charge >= 0.3 is 0 Å². The molecule has 0 atom stereocenters. The van der Waals surface area contributed by atoms with E-state index in [0.717, 1.165) is 15.4 Å². The number of hydrogen-bond donors (Lipinski definition) is 0. The summed E-state index contributed by atoms with van der Waals surface area (Å²) in [5.74, 6) is 0.708. The maximum absolute atomic E-state index is 4.36. The lowest BCUT2D eigenvalue weighted by molar-refractivity contribution is 1.18. The van der Waals surface area contributed by atoms with E-state index < -0.39 is 0 Å². The van der Waals surface area contributed by atoms with Crippen LogP contribution in [-0.4, -0.2) is 19.9 Å². The number of nitrogens with zero attached hydrogens (tertiary/aromatic N) is 4. The third-order valence-corrected chi connectivity index (χ3v) is 3.24. The van der Waals surface area contributed by atoms with Crippen LogP contribution in [0.5, 0.6) is 0 Å². The van der Waals surface area contributed by atoms with Crippen molar-refractivity contribution in [2.24, 2.45) is 0 Å². The van der Waals surface area contributed by atoms with Crippen molar-refractivity contribution in [2.45, 2.75) is 0 Å². The predicted molar refractivity (Wildman–Crippen MR) is 66.4 cm³/mol. The van der Waals surface area contributed by atoms with Gasteiger partial charge in [-0.15, -0.1) is 11.3 Å². The van der Waals surface area contributed by atoms with Crippen LogP contribution in [0.4, 0.5) is 0 Å². The highest BCUT2D eigenvalue weighted by molar-refractivity contribution is 7.18. The van der Waals surface area contributed by atoms with E-state index in [1.165, 1.54) is 0 Å². The average Bonchev–Trinajstić information content (AvgIpc) is 2.90. The Bertz CT molecular complexity index is 553. The van der Waals surface area contributed by atoms with Gasteiger partial charge in [0.25, 0.3) is 0 Å². The van der Waals surface area contributed by atoms with Gasteiger partial charge in [-0.05, 0) is 18.2 Å². The largest absolute Gasteiger partial charge is 0.264 e. The molecule has 0 aliphatic rings. The Morgan fingerprint density at radius 3 is 2.53 bits per heavy atom. The van der Waals surface area contributed by atoms with Crippen LogP contribution in [0.25, 0.3) is 21.3 Å². The first-order chi connectivity index (χ1) is 8.43. The van der Waals surface area contributed by atoms with Crippen LogP contribution < -0.4 is 0 Å². The van der Waals surface area contributed by atoms with Crippen molar-refractivity contribution in [2.75, 3.05) is 0 Å². The van der Waals surface area contributed by atoms with E-state index in [1.807, 2.05) is 12.1 Å². The Morgan fingerprint density at radius 1 is 0.882 bits per heavy atom. The third-order valence-electron chi connectivity index (χ3n) is 2.20. The molecule has 3 rings (SSSR count). The lowest BCUT2D eigenvalue weighted by Crippen LogP contribution is -1.82. The lowest BCUT2D eigenvalue weighted by Gasteiger charge is -1.93. The first kappa shape index (κ1) is 10.0. The van der Waals surface area contributed by atoms with Crippen molar-refractivity contribution in [1.82, 2.24) is 19.9 Å². The highest BCUT2D eigenvalue weighted by atomic mass is 32.1. The van der Waals surface area contributed by atoms with Crippen LogP contribution in [-0.2, 0) is 0 Å². The Hall–Kier alpha value is -2.14. The van der Waals surface area contributed by atoms with Gasteiger partial charge in [0.2, 0.25) is 0 Å². The summed E-state index contributed by atoms with van der Waals surface area (Å²) in [6.07, 6.45) is 8.80. The molecule has 0 aromatic carbocycles. The molecule has 0 amide bonds. The minimum Gasteiger partial charge on any atom is -0.264 e. The van der Waals surface area contributed by atoms with Gasteiger partial charge in [-0.3, -0.25) is 4.98 Å². The normalized spacial score (nSPS) is 10.4. The first-order valence-corrected chi connectivity index (χ1v) is 5.89. The SMILES string of the molecule is c1cnc(-c2cnc(-c3cccnc3)s2)nc1. The third kappa shape index (κ3) is 2.05. The quantitative estimate of drug-likeness (QED) is 0.691. The average molecular weight is 240 g/mol. The first-order valence-electron chi connectivity index (χ1n) is 5.07. The minimum absolute atomic E-state index is 0.708. The molecule has 5 heteroatoms. The molecule has 3 heterocycles. The van der Waals surface area contributed by atoms with E-state index >= 15 is 0 Å². The smallest absolute Gasteiger partial charge is 0.171 e. The van der Waals surface area contributed by atoms with Crippen molar-refractivity contribution in [3.63, 3.8) is 0 Å². The van der Waals surface area contributed by atoms with E-state index in [2.05, 4.69) is 19.9 Å². The molecule has 0 unspecified atom stereocenters. The highest BCUT2D eigenvalue weighted by Gasteiger charge is 2.07. The molecule has 0 radical (unpaired) electrons. The van der Waals surface area contributed by atoms with Gasteiger partial charge < -0.3 is 0 Å². The minimum atomic E-state index is 0.708. The van der Waals surface area contributed by atoms with Gasteiger partial charge in [0.1, 0.15) is 5.01 Å². The maximum Gasteiger partial charge on any atom is 0.171 e. The van der Waals surface area contributed by atoms with Crippen molar-refractivity contribution in [3.8, 4) is 21.3 Å². The maximum atomic E-state index is 4.36. The fourth-order valence-corrected chi connectivity index (χ4v) is 2.28. The molecular formula is C12H8N4S. The number of aromatic nitrogens is 4. The molecule has 0 bridgehead atoms. The van der Waals surface area contributed by atoms with E-state index in [9.17, 15) is 0 Å². The molecule has 0 N–H and O–H groups in total. The molecule has 0 saturated heterocycles. The summed E-state index contributed by atoms with van der Waals surface area (Å²) in [4.78, 5) is 17.8. The van der Waals surface area contributed by atoms with Gasteiger partial charge in [-0.2, -0.15) is 0 Å². The van der Waals surface area contributed by atoms with Gasteiger partial charge in [-0.1, -0.05) is 0 Å². The van der Waals surface area contributed by atoms with Crippen LogP contribution in [0, 0.1) is 0 Å². The summed E-state index contributed by atoms with van der Waals surface area (Å²) in [6.45, 7) is 0. The molecule has 3 aromatic heterocycles. The summed E-state index contributed by atoms with van der Waals surface area (Å²) < 4.78 is 0. The van der Waals surface area contributed by atoms with Crippen LogP contribution in [0.1, 0.15) is 0 Å². The molecule has 0 saturated carbocycles. The fraction of sp³-hybridized carbons (Fsp3) is 0. The molecule has 0 fully saturated rings. The highest BCUT2D eigenvalue weighted by Crippen LogP contribution is 2.29. The molecule has 0 spiro atoms. The Labute approximate surface area is 102 Å². The van der Waals surface area contributed by atoms with Gasteiger partial charge in [0.05, 0.1) is 4.88 Å². The molecular weight excluding hydrogens is 232 g/mol. The van der Waals surface area contributed by atoms with Crippen molar-refractivity contribution >= 4 is 11.3 Å². The van der Waals surface area contributed by atoms with Gasteiger partial charge in [0.15, 0.2) is 5.82 Å². The van der Waals surface area contributed by atoms with Crippen LogP contribution in [0.2, 0.25) is 0 Å². The molecule has 17 heavy (non-hydrogen) atoms. The number of pyridine rings is 1. The molecule has 4 nitrogen and oxygen atoms in total. The Balaban J connectivity index is 1.99. The Kier molecular flexibility index (Phi) is 2.59. The predicted octanol–water partition coefficient (Wildman–Crippen LogP) is 2.66. The van der Waals surface area contributed by atoms with E-state index in [4.69, 9.17) is 0 Å². The Morgan fingerprint density at radius 2 is 1.76 bits per heavy atom. The standard InChI is InChI=1S/C12H8N4S/c1-3-9(7-13-4-1)12-16-8-10(17-12)11-14-5-2-6-15-11/h1-8H. The monoisotopic (exact) mass is 240 g/mol. The van der Waals surface area contributed by atoms with Crippen molar-refractivity contribution < 1.29 is 0 Å². The van der Waals surface area contributed by atoms with Gasteiger partial charge in [-0.25, -0.2) is 15.0 Å². The van der Waals surface area contributed by atoms with Crippen LogP contribution in [0.15, 0.2) is 49.2 Å². The number of thiazole rings is 1. The summed E-state index contributed by atoms with van der Waals surface area (Å²) in [7, 11) is 0. The molecule has 82 valence electrons. The van der Waals surface area contributed by atoms with Gasteiger partial charge in [0, 0.05) is 36.5 Å². The summed E-state index contributed by atoms with van der Waals surface area (Å²) in [5, 5.41) is 0.931. The molecule has 3 aromatic rings. The van der Waals surface area contributed by atoms with Crippen molar-refractivity contribution in [3.05, 3.63) is 49.2 Å². The second kappa shape index (κ2) is 4.39.